The van der Waals surface area contributed by atoms with Gasteiger partial charge in [-0.25, -0.2) is 0 Å². The van der Waals surface area contributed by atoms with Gasteiger partial charge in [-0.15, -0.1) is 0 Å². The van der Waals surface area contributed by atoms with Gasteiger partial charge in [-0.1, -0.05) is 80.1 Å². The van der Waals surface area contributed by atoms with Crippen molar-refractivity contribution in [2.24, 2.45) is 16.7 Å². The lowest BCUT2D eigenvalue weighted by Crippen LogP contribution is -2.17. The zero-order chi connectivity index (χ0) is 21.6. The minimum atomic E-state index is -4.71. The van der Waals surface area contributed by atoms with Crippen LogP contribution < -0.4 is 0 Å². The lowest BCUT2D eigenvalue weighted by Gasteiger charge is -2.21. The molecule has 3 rings (SSSR count). The summed E-state index contributed by atoms with van der Waals surface area (Å²) in [4.78, 5) is 11.8. The highest BCUT2D eigenvalue weighted by Crippen LogP contribution is 2.72. The molecule has 0 unspecified atom stereocenters. The van der Waals surface area contributed by atoms with Crippen LogP contribution in [-0.2, 0) is 11.2 Å². The first-order valence-corrected chi connectivity index (χ1v) is 9.62. The van der Waals surface area contributed by atoms with Crippen molar-refractivity contribution in [2.45, 2.75) is 33.4 Å². The Balaban J connectivity index is 2.09. The molecule has 0 aliphatic heterocycles. The number of aliphatic carboxylic acids is 1. The van der Waals surface area contributed by atoms with E-state index >= 15 is 0 Å². The quantitative estimate of drug-likeness (QED) is 0.588. The van der Waals surface area contributed by atoms with Crippen LogP contribution in [0.25, 0.3) is 11.1 Å². The van der Waals surface area contributed by atoms with Crippen LogP contribution in [0.1, 0.15) is 25.0 Å². The number of rotatable bonds is 5. The van der Waals surface area contributed by atoms with Crippen LogP contribution in [-0.4, -0.2) is 17.3 Å². The molecule has 2 aromatic carbocycles. The highest BCUT2D eigenvalue weighted by atomic mass is 35.5. The number of carboxylic acids is 1. The van der Waals surface area contributed by atoms with Crippen molar-refractivity contribution in [2.75, 3.05) is 0 Å². The van der Waals surface area contributed by atoms with Crippen LogP contribution >= 0.6 is 11.6 Å². The van der Waals surface area contributed by atoms with Crippen LogP contribution in [0, 0.1) is 23.7 Å². The molecule has 1 fully saturated rings. The summed E-state index contributed by atoms with van der Waals surface area (Å²) in [5.74, 6) is -2.07. The molecule has 0 aromatic heterocycles. The summed E-state index contributed by atoms with van der Waals surface area (Å²) in [6, 6.07) is 15.3. The van der Waals surface area contributed by atoms with E-state index in [1.807, 2.05) is 55.5 Å². The number of allylic oxidation sites excluding steroid dienone is 2. The highest BCUT2D eigenvalue weighted by Gasteiger charge is 2.73. The van der Waals surface area contributed by atoms with E-state index in [9.17, 15) is 23.1 Å². The van der Waals surface area contributed by atoms with Gasteiger partial charge in [0, 0.05) is 5.41 Å². The second-order valence-corrected chi connectivity index (χ2v) is 8.56. The summed E-state index contributed by atoms with van der Waals surface area (Å²) in [5.41, 5.74) is 1.61. The summed E-state index contributed by atoms with van der Waals surface area (Å²) >= 11 is 5.56. The molecule has 154 valence electrons. The summed E-state index contributed by atoms with van der Waals surface area (Å²) < 4.78 is 39.4. The van der Waals surface area contributed by atoms with Crippen molar-refractivity contribution in [1.82, 2.24) is 0 Å². The van der Waals surface area contributed by atoms with Crippen LogP contribution in [0.15, 0.2) is 59.6 Å². The number of carboxylic acid groups (broad SMARTS) is 1. The molecule has 0 spiro atoms. The molecule has 0 bridgehead atoms. The van der Waals surface area contributed by atoms with E-state index < -0.39 is 33.9 Å². The van der Waals surface area contributed by atoms with Crippen LogP contribution in [0.3, 0.4) is 0 Å². The standard InChI is InChI=1S/C23H22ClF3O2/c1-14-16(10-7-11-17(14)15-8-5-4-6-9-15)12-22(13-18(24)23(25,26)27)19(20(28)29)21(22,2)3/h4-11,13,19H,12H2,1-3H3,(H,28,29)/b18-13+/t19-,22-/m0/s1. The maximum absolute atomic E-state index is 13.1. The molecule has 0 radical (unpaired) electrons. The molecule has 1 N–H and O–H groups in total. The lowest BCUT2D eigenvalue weighted by atomic mass is 9.84. The number of carbonyl (C=O) groups is 1. The highest BCUT2D eigenvalue weighted by molar-refractivity contribution is 6.30. The summed E-state index contributed by atoms with van der Waals surface area (Å²) in [6.07, 6.45) is -3.63. The molecule has 2 nitrogen and oxygen atoms in total. The SMILES string of the molecule is Cc1c(C[C@]2(/C=C(/Cl)C(F)(F)F)[C@@H](C(=O)O)C2(C)C)cccc1-c1ccccc1. The van der Waals surface area contributed by atoms with Gasteiger partial charge in [-0.3, -0.25) is 4.79 Å². The predicted molar refractivity (Wildman–Crippen MR) is 108 cm³/mol. The number of halogens is 4. The molecule has 0 heterocycles. The number of benzene rings is 2. The molecule has 0 saturated heterocycles. The summed E-state index contributed by atoms with van der Waals surface area (Å²) in [6.45, 7) is 5.27. The van der Waals surface area contributed by atoms with Gasteiger partial charge in [-0.2, -0.15) is 13.2 Å². The molecule has 6 heteroatoms. The van der Waals surface area contributed by atoms with E-state index in [0.29, 0.717) is 0 Å². The molecular formula is C23H22ClF3O2. The average Bonchev–Trinajstić information content (AvgIpc) is 3.10. The van der Waals surface area contributed by atoms with Gasteiger partial charge in [0.15, 0.2) is 0 Å². The average molecular weight is 423 g/mol. The zero-order valence-corrected chi connectivity index (χ0v) is 17.1. The van der Waals surface area contributed by atoms with E-state index in [2.05, 4.69) is 0 Å². The first kappa shape index (κ1) is 21.4. The van der Waals surface area contributed by atoms with Crippen LogP contribution in [0.4, 0.5) is 13.2 Å². The van der Waals surface area contributed by atoms with Crippen molar-refractivity contribution in [3.63, 3.8) is 0 Å². The predicted octanol–water partition coefficient (Wildman–Crippen LogP) is 6.62. The van der Waals surface area contributed by atoms with E-state index in [4.69, 9.17) is 11.6 Å². The molecule has 1 aliphatic carbocycles. The number of hydrogen-bond donors (Lipinski definition) is 1. The fourth-order valence-electron chi connectivity index (χ4n) is 4.49. The minimum absolute atomic E-state index is 0.162. The molecule has 2 atom stereocenters. The Bertz CT molecular complexity index is 964. The Morgan fingerprint density at radius 1 is 1.14 bits per heavy atom. The van der Waals surface area contributed by atoms with Crippen molar-refractivity contribution in [1.29, 1.82) is 0 Å². The topological polar surface area (TPSA) is 37.3 Å². The maximum Gasteiger partial charge on any atom is 0.426 e. The van der Waals surface area contributed by atoms with E-state index in [1.165, 1.54) is 0 Å². The van der Waals surface area contributed by atoms with Crippen molar-refractivity contribution >= 4 is 17.6 Å². The van der Waals surface area contributed by atoms with Crippen molar-refractivity contribution in [3.05, 3.63) is 70.8 Å². The Morgan fingerprint density at radius 2 is 1.76 bits per heavy atom. The monoisotopic (exact) mass is 422 g/mol. The van der Waals surface area contributed by atoms with Gasteiger partial charge in [0.1, 0.15) is 5.03 Å². The fraction of sp³-hybridized carbons (Fsp3) is 0.348. The molecule has 29 heavy (non-hydrogen) atoms. The second-order valence-electron chi connectivity index (χ2n) is 8.16. The van der Waals surface area contributed by atoms with Gasteiger partial charge in [0.25, 0.3) is 0 Å². The van der Waals surface area contributed by atoms with Gasteiger partial charge in [0.05, 0.1) is 5.92 Å². The molecule has 0 amide bonds. The third-order valence-corrected chi connectivity index (χ3v) is 6.59. The summed E-state index contributed by atoms with van der Waals surface area (Å²) in [7, 11) is 0. The van der Waals surface area contributed by atoms with Crippen LogP contribution in [0.5, 0.6) is 0 Å². The Morgan fingerprint density at radius 3 is 2.28 bits per heavy atom. The summed E-state index contributed by atoms with van der Waals surface area (Å²) in [5, 5.41) is 8.39. The third kappa shape index (κ3) is 3.68. The number of hydrogen-bond acceptors (Lipinski definition) is 1. The van der Waals surface area contributed by atoms with E-state index in [1.54, 1.807) is 13.8 Å². The van der Waals surface area contributed by atoms with Gasteiger partial charge in [-0.05, 0) is 41.0 Å². The van der Waals surface area contributed by atoms with Gasteiger partial charge >= 0.3 is 12.1 Å². The molecule has 1 aliphatic rings. The Hall–Kier alpha value is -2.27. The van der Waals surface area contributed by atoms with Crippen molar-refractivity contribution < 1.29 is 23.1 Å². The van der Waals surface area contributed by atoms with Gasteiger partial charge < -0.3 is 5.11 Å². The minimum Gasteiger partial charge on any atom is -0.481 e. The third-order valence-electron chi connectivity index (χ3n) is 6.27. The largest absolute Gasteiger partial charge is 0.481 e. The molecular weight excluding hydrogens is 401 g/mol. The lowest BCUT2D eigenvalue weighted by molar-refractivity contribution is -0.139. The smallest absolute Gasteiger partial charge is 0.426 e. The van der Waals surface area contributed by atoms with E-state index in [-0.39, 0.29) is 6.42 Å². The first-order valence-electron chi connectivity index (χ1n) is 9.24. The maximum atomic E-state index is 13.1. The van der Waals surface area contributed by atoms with Crippen molar-refractivity contribution in [3.8, 4) is 11.1 Å². The fourth-order valence-corrected chi connectivity index (χ4v) is 4.69. The Kier molecular flexibility index (Phi) is 5.33. The second kappa shape index (κ2) is 7.21. The molecule has 2 aromatic rings. The number of alkyl halides is 3. The van der Waals surface area contributed by atoms with Crippen LogP contribution in [0.2, 0.25) is 0 Å². The van der Waals surface area contributed by atoms with E-state index in [0.717, 1.165) is 28.3 Å². The zero-order valence-electron chi connectivity index (χ0n) is 16.3. The Labute approximate surface area is 173 Å². The van der Waals surface area contributed by atoms with Gasteiger partial charge in [0.2, 0.25) is 0 Å². The molecule has 1 saturated carbocycles. The first-order chi connectivity index (χ1) is 13.4. The normalized spacial score (nSPS) is 23.7.